The van der Waals surface area contributed by atoms with Crippen LogP contribution in [0, 0.1) is 0 Å². The molecule has 1 aliphatic heterocycles. The van der Waals surface area contributed by atoms with Crippen LogP contribution in [0.15, 0.2) is 15.7 Å². The summed E-state index contributed by atoms with van der Waals surface area (Å²) in [6.07, 6.45) is 1.91. The third-order valence-electron chi connectivity index (χ3n) is 3.18. The van der Waals surface area contributed by atoms with Gasteiger partial charge in [-0.05, 0) is 31.3 Å². The summed E-state index contributed by atoms with van der Waals surface area (Å²) in [7, 11) is -0.0563. The summed E-state index contributed by atoms with van der Waals surface area (Å²) in [6.45, 7) is 1.11. The molecule has 1 aromatic heterocycles. The Bertz CT molecular complexity index is 504. The normalized spacial score (nSPS) is 20.8. The van der Waals surface area contributed by atoms with Gasteiger partial charge in [0.15, 0.2) is 4.21 Å². The van der Waals surface area contributed by atoms with Gasteiger partial charge in [-0.15, -0.1) is 23.7 Å². The summed E-state index contributed by atoms with van der Waals surface area (Å²) >= 11 is 1.21. The van der Waals surface area contributed by atoms with Crippen LogP contribution in [0.4, 0.5) is 0 Å². The standard InChI is InChI=1S/C11H18N2O3S2.ClH/c1-12-9-4-3-6-13(8-9)18(14,15)11-10(16-2)5-7-17-11;/h5,7,9,12H,3-4,6,8H2,1-2H3;1H. The number of nitrogens with one attached hydrogen (secondary N) is 1. The lowest BCUT2D eigenvalue weighted by molar-refractivity contribution is 0.292. The van der Waals surface area contributed by atoms with Gasteiger partial charge < -0.3 is 10.1 Å². The molecule has 1 N–H and O–H groups in total. The van der Waals surface area contributed by atoms with Crippen LogP contribution >= 0.6 is 23.7 Å². The fraction of sp³-hybridized carbons (Fsp3) is 0.636. The van der Waals surface area contributed by atoms with Crippen molar-refractivity contribution in [1.82, 2.24) is 9.62 Å². The van der Waals surface area contributed by atoms with Gasteiger partial charge in [0.1, 0.15) is 5.75 Å². The Labute approximate surface area is 124 Å². The van der Waals surface area contributed by atoms with Crippen molar-refractivity contribution >= 4 is 33.8 Å². The SMILES string of the molecule is CNC1CCCN(S(=O)(=O)c2sccc2OC)C1.Cl. The van der Waals surface area contributed by atoms with E-state index in [-0.39, 0.29) is 18.4 Å². The second-order valence-corrected chi connectivity index (χ2v) is 7.32. The van der Waals surface area contributed by atoms with Gasteiger partial charge in [-0.2, -0.15) is 4.31 Å². The van der Waals surface area contributed by atoms with Crippen molar-refractivity contribution in [2.24, 2.45) is 0 Å². The molecular formula is C11H19ClN2O3S2. The molecule has 1 fully saturated rings. The number of rotatable bonds is 4. The summed E-state index contributed by atoms with van der Waals surface area (Å²) in [5.74, 6) is 0.437. The van der Waals surface area contributed by atoms with E-state index in [1.165, 1.54) is 18.4 Å². The van der Waals surface area contributed by atoms with Crippen LogP contribution in [0.3, 0.4) is 0 Å². The highest BCUT2D eigenvalue weighted by molar-refractivity contribution is 7.91. The highest BCUT2D eigenvalue weighted by atomic mass is 35.5. The minimum absolute atomic E-state index is 0. The Kier molecular flexibility index (Phi) is 6.07. The summed E-state index contributed by atoms with van der Waals surface area (Å²) in [4.78, 5) is 0. The molecular weight excluding hydrogens is 308 g/mol. The number of ether oxygens (including phenoxy) is 1. The first-order valence-corrected chi connectivity index (χ1v) is 8.20. The topological polar surface area (TPSA) is 58.6 Å². The predicted molar refractivity (Wildman–Crippen MR) is 79.0 cm³/mol. The van der Waals surface area contributed by atoms with E-state index in [9.17, 15) is 8.42 Å². The Balaban J connectivity index is 0.00000180. The number of nitrogens with zero attached hydrogens (tertiary/aromatic N) is 1. The lowest BCUT2D eigenvalue weighted by Gasteiger charge is -2.31. The van der Waals surface area contributed by atoms with Crippen molar-refractivity contribution in [3.8, 4) is 5.75 Å². The fourth-order valence-corrected chi connectivity index (χ4v) is 5.07. The van der Waals surface area contributed by atoms with Crippen LogP contribution in [-0.4, -0.2) is 46.0 Å². The highest BCUT2D eigenvalue weighted by Gasteiger charge is 2.32. The van der Waals surface area contributed by atoms with Crippen molar-refractivity contribution in [2.75, 3.05) is 27.2 Å². The van der Waals surface area contributed by atoms with E-state index >= 15 is 0 Å². The number of piperidine rings is 1. The molecule has 1 saturated heterocycles. The van der Waals surface area contributed by atoms with E-state index in [1.807, 2.05) is 7.05 Å². The molecule has 19 heavy (non-hydrogen) atoms. The smallest absolute Gasteiger partial charge is 0.256 e. The number of hydrogen-bond donors (Lipinski definition) is 1. The fourth-order valence-electron chi connectivity index (χ4n) is 2.14. The molecule has 2 rings (SSSR count). The first kappa shape index (κ1) is 16.7. The predicted octanol–water partition coefficient (Wildman–Crippen LogP) is 1.55. The number of thiophene rings is 1. The van der Waals surface area contributed by atoms with Crippen LogP contribution in [-0.2, 0) is 10.0 Å². The Hall–Kier alpha value is -0.340. The second kappa shape index (κ2) is 6.90. The first-order chi connectivity index (χ1) is 8.59. The molecule has 0 bridgehead atoms. The largest absolute Gasteiger partial charge is 0.494 e. The van der Waals surface area contributed by atoms with E-state index in [0.29, 0.717) is 23.0 Å². The number of halogens is 1. The van der Waals surface area contributed by atoms with Crippen molar-refractivity contribution in [1.29, 1.82) is 0 Å². The van der Waals surface area contributed by atoms with E-state index in [2.05, 4.69) is 5.32 Å². The molecule has 1 aliphatic rings. The van der Waals surface area contributed by atoms with Gasteiger partial charge in [-0.3, -0.25) is 0 Å². The van der Waals surface area contributed by atoms with Gasteiger partial charge in [-0.1, -0.05) is 0 Å². The zero-order valence-corrected chi connectivity index (χ0v) is 13.4. The maximum absolute atomic E-state index is 12.5. The summed E-state index contributed by atoms with van der Waals surface area (Å²) in [6, 6.07) is 1.93. The summed E-state index contributed by atoms with van der Waals surface area (Å²) in [5, 5.41) is 4.89. The molecule has 2 heterocycles. The lowest BCUT2D eigenvalue weighted by atomic mass is 10.1. The number of likely N-dealkylation sites (N-methyl/N-ethyl adjacent to an activating group) is 1. The molecule has 0 saturated carbocycles. The molecule has 110 valence electrons. The molecule has 5 nitrogen and oxygen atoms in total. The van der Waals surface area contributed by atoms with Crippen LogP contribution < -0.4 is 10.1 Å². The van der Waals surface area contributed by atoms with Crippen LogP contribution in [0.25, 0.3) is 0 Å². The quantitative estimate of drug-likeness (QED) is 0.912. The van der Waals surface area contributed by atoms with E-state index in [0.717, 1.165) is 12.8 Å². The van der Waals surface area contributed by atoms with Crippen LogP contribution in [0.2, 0.25) is 0 Å². The van der Waals surface area contributed by atoms with Gasteiger partial charge in [-0.25, -0.2) is 8.42 Å². The molecule has 0 aliphatic carbocycles. The van der Waals surface area contributed by atoms with Crippen molar-refractivity contribution in [3.63, 3.8) is 0 Å². The molecule has 0 amide bonds. The van der Waals surface area contributed by atoms with E-state index < -0.39 is 10.0 Å². The molecule has 1 atom stereocenters. The van der Waals surface area contributed by atoms with Gasteiger partial charge in [0.05, 0.1) is 7.11 Å². The van der Waals surface area contributed by atoms with Crippen molar-refractivity contribution in [3.05, 3.63) is 11.4 Å². The van der Waals surface area contributed by atoms with Gasteiger partial charge >= 0.3 is 0 Å². The van der Waals surface area contributed by atoms with Gasteiger partial charge in [0.25, 0.3) is 10.0 Å². The summed E-state index contributed by atoms with van der Waals surface area (Å²) < 4.78 is 32.0. The first-order valence-electron chi connectivity index (χ1n) is 5.88. The van der Waals surface area contributed by atoms with E-state index in [4.69, 9.17) is 4.74 Å². The van der Waals surface area contributed by atoms with Crippen LogP contribution in [0.1, 0.15) is 12.8 Å². The third-order valence-corrected chi connectivity index (χ3v) is 6.47. The summed E-state index contributed by atoms with van der Waals surface area (Å²) in [5.41, 5.74) is 0. The maximum Gasteiger partial charge on any atom is 0.256 e. The van der Waals surface area contributed by atoms with Crippen molar-refractivity contribution in [2.45, 2.75) is 23.1 Å². The third kappa shape index (κ3) is 3.41. The second-order valence-electron chi connectivity index (χ2n) is 4.27. The minimum atomic E-state index is -3.42. The van der Waals surface area contributed by atoms with Crippen LogP contribution in [0.5, 0.6) is 5.75 Å². The van der Waals surface area contributed by atoms with Crippen molar-refractivity contribution < 1.29 is 13.2 Å². The van der Waals surface area contributed by atoms with E-state index in [1.54, 1.807) is 15.8 Å². The maximum atomic E-state index is 12.5. The number of methoxy groups -OCH3 is 1. The average Bonchev–Trinajstić information content (AvgIpc) is 2.88. The number of sulfonamides is 1. The Morgan fingerprint density at radius 3 is 2.89 bits per heavy atom. The zero-order valence-electron chi connectivity index (χ0n) is 11.0. The minimum Gasteiger partial charge on any atom is -0.494 e. The molecule has 1 unspecified atom stereocenters. The van der Waals surface area contributed by atoms with Gasteiger partial charge in [0.2, 0.25) is 0 Å². The molecule has 0 spiro atoms. The Morgan fingerprint density at radius 1 is 1.53 bits per heavy atom. The monoisotopic (exact) mass is 326 g/mol. The zero-order chi connectivity index (χ0) is 13.2. The molecule has 8 heteroatoms. The number of hydrogen-bond acceptors (Lipinski definition) is 5. The molecule has 0 aromatic carbocycles. The Morgan fingerprint density at radius 2 is 2.26 bits per heavy atom. The lowest BCUT2D eigenvalue weighted by Crippen LogP contribution is -2.46. The highest BCUT2D eigenvalue weighted by Crippen LogP contribution is 2.33. The molecule has 1 aromatic rings. The van der Waals surface area contributed by atoms with Gasteiger partial charge in [0, 0.05) is 19.1 Å². The average molecular weight is 327 g/mol. The molecule has 0 radical (unpaired) electrons.